The zero-order chi connectivity index (χ0) is 12.4. The highest BCUT2D eigenvalue weighted by Gasteiger charge is 2.24. The Morgan fingerprint density at radius 3 is 2.94 bits per heavy atom. The number of benzene rings is 1. The summed E-state index contributed by atoms with van der Waals surface area (Å²) < 4.78 is 0. The highest BCUT2D eigenvalue weighted by atomic mass is 35.5. The van der Waals surface area contributed by atoms with Gasteiger partial charge in [-0.15, -0.1) is 0 Å². The summed E-state index contributed by atoms with van der Waals surface area (Å²) in [6.45, 7) is 6.72. The van der Waals surface area contributed by atoms with Crippen LogP contribution < -0.4 is 5.73 Å². The summed E-state index contributed by atoms with van der Waals surface area (Å²) in [7, 11) is 0. The molecule has 1 heterocycles. The normalized spacial score (nSPS) is 26.1. The van der Waals surface area contributed by atoms with Crippen LogP contribution in [-0.4, -0.2) is 28.5 Å². The number of anilines is 1. The lowest BCUT2D eigenvalue weighted by atomic mass is 10.1. The van der Waals surface area contributed by atoms with Crippen molar-refractivity contribution in [1.29, 1.82) is 0 Å². The Labute approximate surface area is 113 Å². The summed E-state index contributed by atoms with van der Waals surface area (Å²) >= 11 is 8.11. The molecule has 0 spiro atoms. The van der Waals surface area contributed by atoms with E-state index in [1.165, 1.54) is 11.3 Å². The van der Waals surface area contributed by atoms with Crippen molar-refractivity contribution >= 4 is 29.1 Å². The third-order valence-corrected chi connectivity index (χ3v) is 5.13. The average molecular weight is 271 g/mol. The summed E-state index contributed by atoms with van der Waals surface area (Å²) in [5.74, 6) is 1.22. The first-order valence-corrected chi connectivity index (χ1v) is 7.40. The van der Waals surface area contributed by atoms with Crippen molar-refractivity contribution in [3.8, 4) is 0 Å². The van der Waals surface area contributed by atoms with Crippen LogP contribution >= 0.6 is 23.4 Å². The molecule has 0 aromatic heterocycles. The maximum Gasteiger partial charge on any atom is 0.0638 e. The average Bonchev–Trinajstić information content (AvgIpc) is 2.30. The van der Waals surface area contributed by atoms with Gasteiger partial charge in [0.15, 0.2) is 0 Å². The van der Waals surface area contributed by atoms with Gasteiger partial charge >= 0.3 is 0 Å². The largest absolute Gasteiger partial charge is 0.398 e. The van der Waals surface area contributed by atoms with Crippen LogP contribution in [0.25, 0.3) is 0 Å². The minimum absolute atomic E-state index is 0.616. The summed E-state index contributed by atoms with van der Waals surface area (Å²) in [5, 5.41) is 1.36. The van der Waals surface area contributed by atoms with Crippen LogP contribution in [0, 0.1) is 0 Å². The van der Waals surface area contributed by atoms with Crippen molar-refractivity contribution in [2.75, 3.05) is 18.0 Å². The smallest absolute Gasteiger partial charge is 0.0638 e. The molecule has 0 saturated carbocycles. The zero-order valence-corrected chi connectivity index (χ0v) is 11.9. The van der Waals surface area contributed by atoms with E-state index in [4.69, 9.17) is 17.3 Å². The maximum absolute atomic E-state index is 6.05. The van der Waals surface area contributed by atoms with Crippen LogP contribution in [-0.2, 0) is 6.54 Å². The lowest BCUT2D eigenvalue weighted by Crippen LogP contribution is -2.43. The molecule has 0 aliphatic carbocycles. The molecule has 1 saturated heterocycles. The monoisotopic (exact) mass is 270 g/mol. The highest BCUT2D eigenvalue weighted by molar-refractivity contribution is 8.00. The lowest BCUT2D eigenvalue weighted by molar-refractivity contribution is 0.204. The molecule has 1 aliphatic rings. The van der Waals surface area contributed by atoms with Gasteiger partial charge in [0.05, 0.1) is 10.7 Å². The fourth-order valence-electron chi connectivity index (χ4n) is 2.12. The third kappa shape index (κ3) is 3.09. The molecule has 2 unspecified atom stereocenters. The van der Waals surface area contributed by atoms with Gasteiger partial charge in [0, 0.05) is 30.1 Å². The van der Waals surface area contributed by atoms with Crippen molar-refractivity contribution in [2.45, 2.75) is 31.7 Å². The molecule has 1 aliphatic heterocycles. The van der Waals surface area contributed by atoms with Gasteiger partial charge in [0.25, 0.3) is 0 Å². The standard InChI is InChI=1S/C13H19ClN2S/c1-9-10(2)17-6-5-16(9)8-11-3-4-13(15)12(14)7-11/h3-4,7,9-10H,5-6,8,15H2,1-2H3. The molecule has 2 N–H and O–H groups in total. The molecule has 2 nitrogen and oxygen atoms in total. The Morgan fingerprint density at radius 1 is 1.47 bits per heavy atom. The first kappa shape index (κ1) is 13.1. The molecule has 1 fully saturated rings. The van der Waals surface area contributed by atoms with Gasteiger partial charge in [-0.2, -0.15) is 11.8 Å². The zero-order valence-electron chi connectivity index (χ0n) is 10.3. The topological polar surface area (TPSA) is 29.3 Å². The number of halogens is 1. The maximum atomic E-state index is 6.05. The minimum Gasteiger partial charge on any atom is -0.398 e. The van der Waals surface area contributed by atoms with Gasteiger partial charge < -0.3 is 5.73 Å². The molecule has 1 aromatic carbocycles. The molecule has 4 heteroatoms. The third-order valence-electron chi connectivity index (χ3n) is 3.47. The summed E-state index contributed by atoms with van der Waals surface area (Å²) in [4.78, 5) is 2.52. The van der Waals surface area contributed by atoms with E-state index in [0.29, 0.717) is 22.0 Å². The predicted molar refractivity (Wildman–Crippen MR) is 77.7 cm³/mol. The number of nitrogen functional groups attached to an aromatic ring is 1. The van der Waals surface area contributed by atoms with Crippen molar-refractivity contribution in [2.24, 2.45) is 0 Å². The van der Waals surface area contributed by atoms with E-state index < -0.39 is 0 Å². The van der Waals surface area contributed by atoms with Gasteiger partial charge in [-0.25, -0.2) is 0 Å². The number of thioether (sulfide) groups is 1. The summed E-state index contributed by atoms with van der Waals surface area (Å²) in [6.07, 6.45) is 0. The second-order valence-corrected chi connectivity index (χ2v) is 6.54. The van der Waals surface area contributed by atoms with Gasteiger partial charge in [-0.3, -0.25) is 4.90 Å². The molecule has 2 rings (SSSR count). The van der Waals surface area contributed by atoms with Gasteiger partial charge in [-0.05, 0) is 24.6 Å². The molecule has 0 bridgehead atoms. The van der Waals surface area contributed by atoms with E-state index in [2.05, 4.69) is 36.6 Å². The molecular formula is C13H19ClN2S. The van der Waals surface area contributed by atoms with Crippen molar-refractivity contribution in [1.82, 2.24) is 4.90 Å². The Morgan fingerprint density at radius 2 is 2.24 bits per heavy atom. The molecule has 0 radical (unpaired) electrons. The van der Waals surface area contributed by atoms with Gasteiger partial charge in [-0.1, -0.05) is 24.6 Å². The number of hydrogen-bond donors (Lipinski definition) is 1. The van der Waals surface area contributed by atoms with Crippen LogP contribution in [0.1, 0.15) is 19.4 Å². The predicted octanol–water partition coefficient (Wildman–Crippen LogP) is 3.25. The second-order valence-electron chi connectivity index (χ2n) is 4.64. The van der Waals surface area contributed by atoms with E-state index in [9.17, 15) is 0 Å². The SMILES string of the molecule is CC1SCCN(Cc2ccc(N)c(Cl)c2)C1C. The van der Waals surface area contributed by atoms with Crippen molar-refractivity contribution in [3.63, 3.8) is 0 Å². The van der Waals surface area contributed by atoms with Crippen LogP contribution in [0.5, 0.6) is 0 Å². The van der Waals surface area contributed by atoms with Gasteiger partial charge in [0.2, 0.25) is 0 Å². The fourth-order valence-corrected chi connectivity index (χ4v) is 3.49. The van der Waals surface area contributed by atoms with Crippen LogP contribution in [0.4, 0.5) is 5.69 Å². The van der Waals surface area contributed by atoms with Crippen LogP contribution in [0.2, 0.25) is 5.02 Å². The molecule has 0 amide bonds. The molecular weight excluding hydrogens is 252 g/mol. The first-order chi connectivity index (χ1) is 8.08. The Kier molecular flexibility index (Phi) is 4.23. The van der Waals surface area contributed by atoms with E-state index in [1.807, 2.05) is 12.1 Å². The summed E-state index contributed by atoms with van der Waals surface area (Å²) in [5.41, 5.74) is 7.63. The van der Waals surface area contributed by atoms with Crippen LogP contribution in [0.3, 0.4) is 0 Å². The Balaban J connectivity index is 2.07. The van der Waals surface area contributed by atoms with E-state index in [1.54, 1.807) is 0 Å². The van der Waals surface area contributed by atoms with E-state index in [0.717, 1.165) is 13.1 Å². The number of nitrogens with zero attached hydrogens (tertiary/aromatic N) is 1. The van der Waals surface area contributed by atoms with Crippen molar-refractivity contribution in [3.05, 3.63) is 28.8 Å². The Hall–Kier alpha value is -0.380. The lowest BCUT2D eigenvalue weighted by Gasteiger charge is -2.37. The molecule has 17 heavy (non-hydrogen) atoms. The first-order valence-electron chi connectivity index (χ1n) is 5.97. The van der Waals surface area contributed by atoms with Crippen LogP contribution in [0.15, 0.2) is 18.2 Å². The Bertz CT molecular complexity index is 397. The quantitative estimate of drug-likeness (QED) is 0.837. The summed E-state index contributed by atoms with van der Waals surface area (Å²) in [6, 6.07) is 6.56. The van der Waals surface area contributed by atoms with Crippen molar-refractivity contribution < 1.29 is 0 Å². The fraction of sp³-hybridized carbons (Fsp3) is 0.538. The van der Waals surface area contributed by atoms with Gasteiger partial charge in [0.1, 0.15) is 0 Å². The highest BCUT2D eigenvalue weighted by Crippen LogP contribution is 2.27. The molecule has 94 valence electrons. The number of nitrogens with two attached hydrogens (primary N) is 1. The van der Waals surface area contributed by atoms with E-state index >= 15 is 0 Å². The molecule has 1 aromatic rings. The number of hydrogen-bond acceptors (Lipinski definition) is 3. The molecule has 2 atom stereocenters. The minimum atomic E-state index is 0.616. The van der Waals surface area contributed by atoms with E-state index in [-0.39, 0.29) is 0 Å². The number of rotatable bonds is 2. The second kappa shape index (κ2) is 5.51.